The van der Waals surface area contributed by atoms with E-state index in [0.29, 0.717) is 37.3 Å². The summed E-state index contributed by atoms with van der Waals surface area (Å²) in [7, 11) is 0. The Bertz CT molecular complexity index is 272. The van der Waals surface area contributed by atoms with Gasteiger partial charge in [0.1, 0.15) is 11.9 Å². The molecule has 5 nitrogen and oxygen atoms in total. The lowest BCUT2D eigenvalue weighted by Crippen LogP contribution is -2.22. The Morgan fingerprint density at radius 2 is 2.46 bits per heavy atom. The fourth-order valence-electron chi connectivity index (χ4n) is 1.15. The van der Waals surface area contributed by atoms with Crippen molar-refractivity contribution in [3.8, 4) is 0 Å². The monoisotopic (exact) mass is 203 g/mol. The molecule has 0 spiro atoms. The standard InChI is InChI=1S/C7H10ClN3O2/c8-3-6-9-7(11-10-6)5-4-12-1-2-13-5/h5H,1-4H2,(H,9,10,11). The third kappa shape index (κ3) is 1.99. The normalized spacial score (nSPS) is 23.3. The Kier molecular flexibility index (Phi) is 2.77. The molecule has 0 bridgehead atoms. The van der Waals surface area contributed by atoms with E-state index < -0.39 is 0 Å². The Balaban J connectivity index is 2.05. The van der Waals surface area contributed by atoms with Crippen LogP contribution in [0.4, 0.5) is 0 Å². The zero-order valence-corrected chi connectivity index (χ0v) is 7.75. The highest BCUT2D eigenvalue weighted by Crippen LogP contribution is 2.16. The lowest BCUT2D eigenvalue weighted by molar-refractivity contribution is -0.0934. The first kappa shape index (κ1) is 8.93. The van der Waals surface area contributed by atoms with Crippen LogP contribution in [0.3, 0.4) is 0 Å². The van der Waals surface area contributed by atoms with E-state index in [1.54, 1.807) is 0 Å². The number of alkyl halides is 1. The van der Waals surface area contributed by atoms with E-state index in [1.165, 1.54) is 0 Å². The average Bonchev–Trinajstić information content (AvgIpc) is 2.67. The highest BCUT2D eigenvalue weighted by Gasteiger charge is 2.20. The number of H-pyrrole nitrogens is 1. The minimum Gasteiger partial charge on any atom is -0.376 e. The van der Waals surface area contributed by atoms with E-state index in [-0.39, 0.29) is 6.10 Å². The van der Waals surface area contributed by atoms with Crippen molar-refractivity contribution >= 4 is 11.6 Å². The van der Waals surface area contributed by atoms with Crippen LogP contribution >= 0.6 is 11.6 Å². The molecule has 1 aliphatic rings. The van der Waals surface area contributed by atoms with Crippen molar-refractivity contribution < 1.29 is 9.47 Å². The van der Waals surface area contributed by atoms with Crippen molar-refractivity contribution in [1.82, 2.24) is 15.2 Å². The van der Waals surface area contributed by atoms with E-state index in [1.807, 2.05) is 0 Å². The lowest BCUT2D eigenvalue weighted by atomic mass is 10.3. The molecule has 1 atom stereocenters. The molecule has 1 unspecified atom stereocenters. The van der Waals surface area contributed by atoms with E-state index in [2.05, 4.69) is 15.2 Å². The van der Waals surface area contributed by atoms with Gasteiger partial charge in [0, 0.05) is 0 Å². The Morgan fingerprint density at radius 3 is 3.08 bits per heavy atom. The van der Waals surface area contributed by atoms with Gasteiger partial charge >= 0.3 is 0 Å². The quantitative estimate of drug-likeness (QED) is 0.717. The van der Waals surface area contributed by atoms with Gasteiger partial charge < -0.3 is 9.47 Å². The first-order valence-electron chi connectivity index (χ1n) is 4.06. The summed E-state index contributed by atoms with van der Waals surface area (Å²) in [4.78, 5) is 4.15. The molecule has 0 radical (unpaired) electrons. The third-order valence-electron chi connectivity index (χ3n) is 1.78. The molecule has 72 valence electrons. The molecule has 0 aromatic carbocycles. The summed E-state index contributed by atoms with van der Waals surface area (Å²) < 4.78 is 10.6. The average molecular weight is 204 g/mol. The van der Waals surface area contributed by atoms with Gasteiger partial charge in [-0.25, -0.2) is 4.98 Å². The summed E-state index contributed by atoms with van der Waals surface area (Å²) in [6.45, 7) is 1.75. The van der Waals surface area contributed by atoms with Crippen LogP contribution in [0, 0.1) is 0 Å². The molecule has 0 aliphatic carbocycles. The summed E-state index contributed by atoms with van der Waals surface area (Å²) in [5, 5.41) is 6.71. The van der Waals surface area contributed by atoms with Crippen LogP contribution in [0.5, 0.6) is 0 Å². The van der Waals surface area contributed by atoms with Crippen molar-refractivity contribution in [2.75, 3.05) is 19.8 Å². The van der Waals surface area contributed by atoms with Crippen LogP contribution in [-0.4, -0.2) is 35.0 Å². The van der Waals surface area contributed by atoms with Crippen LogP contribution in [0.25, 0.3) is 0 Å². The van der Waals surface area contributed by atoms with Crippen molar-refractivity contribution in [3.63, 3.8) is 0 Å². The SMILES string of the molecule is ClCc1nc(C2COCCO2)n[nH]1. The topological polar surface area (TPSA) is 60.0 Å². The number of aromatic nitrogens is 3. The van der Waals surface area contributed by atoms with Crippen molar-refractivity contribution in [1.29, 1.82) is 0 Å². The summed E-state index contributed by atoms with van der Waals surface area (Å²) >= 11 is 5.57. The van der Waals surface area contributed by atoms with Crippen LogP contribution in [0.15, 0.2) is 0 Å². The first-order valence-corrected chi connectivity index (χ1v) is 4.60. The smallest absolute Gasteiger partial charge is 0.181 e. The second kappa shape index (κ2) is 4.04. The maximum Gasteiger partial charge on any atom is 0.181 e. The Labute approximate surface area is 80.4 Å². The summed E-state index contributed by atoms with van der Waals surface area (Å²) in [6, 6.07) is 0. The molecular formula is C7H10ClN3O2. The molecule has 13 heavy (non-hydrogen) atoms. The van der Waals surface area contributed by atoms with Gasteiger partial charge in [0.05, 0.1) is 25.7 Å². The van der Waals surface area contributed by atoms with Gasteiger partial charge in [-0.15, -0.1) is 11.6 Å². The van der Waals surface area contributed by atoms with Crippen LogP contribution in [0.2, 0.25) is 0 Å². The van der Waals surface area contributed by atoms with E-state index in [0.717, 1.165) is 0 Å². The molecule has 0 saturated carbocycles. The van der Waals surface area contributed by atoms with Crippen LogP contribution in [-0.2, 0) is 15.4 Å². The number of nitrogens with one attached hydrogen (secondary N) is 1. The van der Waals surface area contributed by atoms with Gasteiger partial charge in [-0.3, -0.25) is 5.10 Å². The summed E-state index contributed by atoms with van der Waals surface area (Å²) in [6.07, 6.45) is -0.151. The number of halogens is 1. The molecule has 1 aromatic heterocycles. The molecule has 2 heterocycles. The number of rotatable bonds is 2. The minimum absolute atomic E-state index is 0.151. The molecular weight excluding hydrogens is 194 g/mol. The van der Waals surface area contributed by atoms with Gasteiger partial charge in [0.15, 0.2) is 5.82 Å². The van der Waals surface area contributed by atoms with Gasteiger partial charge in [0.25, 0.3) is 0 Å². The third-order valence-corrected chi connectivity index (χ3v) is 2.03. The van der Waals surface area contributed by atoms with Crippen molar-refractivity contribution in [2.24, 2.45) is 0 Å². The van der Waals surface area contributed by atoms with Crippen LogP contribution in [0.1, 0.15) is 17.8 Å². The molecule has 1 fully saturated rings. The molecule has 1 aromatic rings. The number of nitrogens with zero attached hydrogens (tertiary/aromatic N) is 2. The van der Waals surface area contributed by atoms with Gasteiger partial charge in [-0.2, -0.15) is 5.10 Å². The number of hydrogen-bond acceptors (Lipinski definition) is 4. The highest BCUT2D eigenvalue weighted by molar-refractivity contribution is 6.16. The number of ether oxygens (including phenoxy) is 2. The second-order valence-electron chi connectivity index (χ2n) is 2.71. The molecule has 2 rings (SSSR count). The fourth-order valence-corrected chi connectivity index (χ4v) is 1.27. The molecule has 1 N–H and O–H groups in total. The van der Waals surface area contributed by atoms with Gasteiger partial charge in [-0.1, -0.05) is 0 Å². The number of hydrogen-bond donors (Lipinski definition) is 1. The summed E-state index contributed by atoms with van der Waals surface area (Å²) in [5.74, 6) is 1.61. The Hall–Kier alpha value is -0.650. The van der Waals surface area contributed by atoms with Crippen molar-refractivity contribution in [2.45, 2.75) is 12.0 Å². The largest absolute Gasteiger partial charge is 0.376 e. The van der Waals surface area contributed by atoms with Crippen molar-refractivity contribution in [3.05, 3.63) is 11.6 Å². The minimum atomic E-state index is -0.151. The maximum absolute atomic E-state index is 5.57. The van der Waals surface area contributed by atoms with E-state index in [9.17, 15) is 0 Å². The number of aromatic amines is 1. The molecule has 0 amide bonds. The second-order valence-corrected chi connectivity index (χ2v) is 2.98. The van der Waals surface area contributed by atoms with Gasteiger partial charge in [0.2, 0.25) is 0 Å². The first-order chi connectivity index (χ1) is 6.40. The highest BCUT2D eigenvalue weighted by atomic mass is 35.5. The predicted molar refractivity (Wildman–Crippen MR) is 45.5 cm³/mol. The Morgan fingerprint density at radius 1 is 1.54 bits per heavy atom. The van der Waals surface area contributed by atoms with E-state index >= 15 is 0 Å². The van der Waals surface area contributed by atoms with Gasteiger partial charge in [-0.05, 0) is 0 Å². The van der Waals surface area contributed by atoms with Crippen LogP contribution < -0.4 is 0 Å². The zero-order chi connectivity index (χ0) is 9.10. The fraction of sp³-hybridized carbons (Fsp3) is 0.714. The molecule has 1 aliphatic heterocycles. The lowest BCUT2D eigenvalue weighted by Gasteiger charge is -2.19. The maximum atomic E-state index is 5.57. The summed E-state index contributed by atoms with van der Waals surface area (Å²) in [5.41, 5.74) is 0. The zero-order valence-electron chi connectivity index (χ0n) is 6.99. The molecule has 1 saturated heterocycles. The van der Waals surface area contributed by atoms with E-state index in [4.69, 9.17) is 21.1 Å². The molecule has 6 heteroatoms. The predicted octanol–water partition coefficient (Wildman–Crippen LogP) is 0.631.